The molecule has 2 aromatic carbocycles. The van der Waals surface area contributed by atoms with Crippen LogP contribution in [0.2, 0.25) is 0 Å². The molecule has 0 saturated carbocycles. The summed E-state index contributed by atoms with van der Waals surface area (Å²) < 4.78 is 5.68. The summed E-state index contributed by atoms with van der Waals surface area (Å²) in [7, 11) is 0. The van der Waals surface area contributed by atoms with Gasteiger partial charge in [-0.2, -0.15) is 0 Å². The van der Waals surface area contributed by atoms with E-state index in [1.165, 1.54) is 6.07 Å². The Balaban J connectivity index is 1.37. The number of anilines is 2. The van der Waals surface area contributed by atoms with E-state index in [0.29, 0.717) is 50.6 Å². The van der Waals surface area contributed by atoms with Crippen LogP contribution in [0.15, 0.2) is 67.0 Å². The number of rotatable bonds is 10. The molecule has 0 bridgehead atoms. The Morgan fingerprint density at radius 3 is 2.56 bits per heavy atom. The summed E-state index contributed by atoms with van der Waals surface area (Å²) in [5, 5.41) is 14.7. The van der Waals surface area contributed by atoms with Gasteiger partial charge in [0.1, 0.15) is 11.4 Å². The molecular formula is C27H31N5O4. The van der Waals surface area contributed by atoms with Gasteiger partial charge in [0.05, 0.1) is 11.5 Å². The van der Waals surface area contributed by atoms with Gasteiger partial charge in [0.2, 0.25) is 0 Å². The standard InChI is InChI=1S/C27H31N5O4/c1-2-3-17-36-24-9-6-22(7-10-24)27(33)31-15-13-30(14-16-31)23-8-11-26(32(34)35)25(18-23)29-20-21-5-4-12-28-19-21/h4-12,18-19,29H,2-3,13-17,20H2,1H3. The van der Waals surface area contributed by atoms with Crippen molar-refractivity contribution in [3.8, 4) is 5.75 Å². The molecular weight excluding hydrogens is 458 g/mol. The van der Waals surface area contributed by atoms with Crippen molar-refractivity contribution in [2.75, 3.05) is 43.0 Å². The Labute approximate surface area is 210 Å². The molecule has 1 aromatic heterocycles. The topological polar surface area (TPSA) is 101 Å². The van der Waals surface area contributed by atoms with Gasteiger partial charge >= 0.3 is 0 Å². The van der Waals surface area contributed by atoms with Crippen LogP contribution in [0, 0.1) is 10.1 Å². The van der Waals surface area contributed by atoms with Crippen molar-refractivity contribution in [1.82, 2.24) is 9.88 Å². The highest BCUT2D eigenvalue weighted by atomic mass is 16.6. The Morgan fingerprint density at radius 2 is 1.89 bits per heavy atom. The largest absolute Gasteiger partial charge is 0.494 e. The molecule has 0 aliphatic carbocycles. The van der Waals surface area contributed by atoms with Crippen molar-refractivity contribution in [2.45, 2.75) is 26.3 Å². The van der Waals surface area contributed by atoms with Gasteiger partial charge in [0, 0.05) is 62.4 Å². The quantitative estimate of drug-likeness (QED) is 0.249. The zero-order valence-corrected chi connectivity index (χ0v) is 20.4. The van der Waals surface area contributed by atoms with Crippen molar-refractivity contribution < 1.29 is 14.5 Å². The zero-order chi connectivity index (χ0) is 25.3. The smallest absolute Gasteiger partial charge is 0.292 e. The van der Waals surface area contributed by atoms with E-state index in [9.17, 15) is 14.9 Å². The van der Waals surface area contributed by atoms with Gasteiger partial charge in [0.25, 0.3) is 11.6 Å². The lowest BCUT2D eigenvalue weighted by Crippen LogP contribution is -2.48. The van der Waals surface area contributed by atoms with Crippen LogP contribution in [0.25, 0.3) is 0 Å². The third-order valence-electron chi connectivity index (χ3n) is 6.18. The average molecular weight is 490 g/mol. The SMILES string of the molecule is CCCCOc1ccc(C(=O)N2CCN(c3ccc([N+](=O)[O-])c(NCc4cccnc4)c3)CC2)cc1. The number of nitrogens with zero attached hydrogens (tertiary/aromatic N) is 4. The molecule has 1 saturated heterocycles. The molecule has 0 unspecified atom stereocenters. The molecule has 1 amide bonds. The molecule has 3 aromatic rings. The van der Waals surface area contributed by atoms with E-state index in [-0.39, 0.29) is 16.5 Å². The first-order valence-electron chi connectivity index (χ1n) is 12.2. The maximum atomic E-state index is 13.0. The van der Waals surface area contributed by atoms with E-state index < -0.39 is 0 Å². The minimum absolute atomic E-state index is 0.00251. The molecule has 36 heavy (non-hydrogen) atoms. The number of piperazine rings is 1. The minimum Gasteiger partial charge on any atom is -0.494 e. The van der Waals surface area contributed by atoms with Gasteiger partial charge in [0.15, 0.2) is 0 Å². The summed E-state index contributed by atoms with van der Waals surface area (Å²) in [6.45, 7) is 5.66. The van der Waals surface area contributed by atoms with Crippen LogP contribution >= 0.6 is 0 Å². The van der Waals surface area contributed by atoms with Crippen LogP contribution in [0.1, 0.15) is 35.7 Å². The summed E-state index contributed by atoms with van der Waals surface area (Å²) in [6, 6.07) is 16.2. The molecule has 1 aliphatic heterocycles. The van der Waals surface area contributed by atoms with E-state index in [1.807, 2.05) is 47.4 Å². The molecule has 0 atom stereocenters. The molecule has 4 rings (SSSR count). The molecule has 188 valence electrons. The van der Waals surface area contributed by atoms with Crippen LogP contribution in [0.5, 0.6) is 5.75 Å². The van der Waals surface area contributed by atoms with Crippen LogP contribution in [0.4, 0.5) is 17.1 Å². The minimum atomic E-state index is -0.383. The molecule has 2 heterocycles. The monoisotopic (exact) mass is 489 g/mol. The zero-order valence-electron chi connectivity index (χ0n) is 20.4. The third-order valence-corrected chi connectivity index (χ3v) is 6.18. The van der Waals surface area contributed by atoms with E-state index in [4.69, 9.17) is 4.74 Å². The van der Waals surface area contributed by atoms with Gasteiger partial charge in [-0.1, -0.05) is 19.4 Å². The highest BCUT2D eigenvalue weighted by Gasteiger charge is 2.24. The highest BCUT2D eigenvalue weighted by molar-refractivity contribution is 5.94. The maximum absolute atomic E-state index is 13.0. The van der Waals surface area contributed by atoms with Crippen LogP contribution in [-0.2, 0) is 6.54 Å². The van der Waals surface area contributed by atoms with Gasteiger partial charge in [-0.25, -0.2) is 0 Å². The van der Waals surface area contributed by atoms with Crippen molar-refractivity contribution >= 4 is 23.0 Å². The number of ether oxygens (including phenoxy) is 1. The number of benzene rings is 2. The van der Waals surface area contributed by atoms with Crippen LogP contribution in [0.3, 0.4) is 0 Å². The summed E-state index contributed by atoms with van der Waals surface area (Å²) in [5.41, 5.74) is 2.95. The predicted octanol–water partition coefficient (Wildman–Crippen LogP) is 4.74. The summed E-state index contributed by atoms with van der Waals surface area (Å²) in [5.74, 6) is 0.771. The second kappa shape index (κ2) is 12.0. The Morgan fingerprint density at radius 1 is 1.11 bits per heavy atom. The number of nitro benzene ring substituents is 1. The van der Waals surface area contributed by atoms with Crippen LogP contribution in [-0.4, -0.2) is 53.5 Å². The van der Waals surface area contributed by atoms with E-state index in [0.717, 1.165) is 29.8 Å². The Kier molecular flexibility index (Phi) is 8.33. The molecule has 0 spiro atoms. The van der Waals surface area contributed by atoms with Crippen molar-refractivity contribution in [2.24, 2.45) is 0 Å². The number of hydrogen-bond donors (Lipinski definition) is 1. The Bertz CT molecular complexity index is 1160. The summed E-state index contributed by atoms with van der Waals surface area (Å²) >= 11 is 0. The number of unbranched alkanes of at least 4 members (excludes halogenated alkanes) is 1. The number of nitro groups is 1. The number of hydrogen-bond acceptors (Lipinski definition) is 7. The van der Waals surface area contributed by atoms with Gasteiger partial charge < -0.3 is 19.9 Å². The second-order valence-electron chi connectivity index (χ2n) is 8.68. The van der Waals surface area contributed by atoms with Crippen LogP contribution < -0.4 is 15.0 Å². The normalized spacial score (nSPS) is 13.4. The molecule has 1 fully saturated rings. The summed E-state index contributed by atoms with van der Waals surface area (Å²) in [4.78, 5) is 32.2. The number of nitrogens with one attached hydrogen (secondary N) is 1. The first-order chi connectivity index (χ1) is 17.5. The predicted molar refractivity (Wildman–Crippen MR) is 140 cm³/mol. The van der Waals surface area contributed by atoms with Gasteiger partial charge in [-0.3, -0.25) is 19.9 Å². The lowest BCUT2D eigenvalue weighted by atomic mass is 10.1. The first kappa shape index (κ1) is 25.0. The summed E-state index contributed by atoms with van der Waals surface area (Å²) in [6.07, 6.45) is 5.49. The van der Waals surface area contributed by atoms with E-state index in [2.05, 4.69) is 22.1 Å². The molecule has 1 aliphatic rings. The van der Waals surface area contributed by atoms with Crippen molar-refractivity contribution in [3.05, 3.63) is 88.2 Å². The van der Waals surface area contributed by atoms with Crippen molar-refractivity contribution in [3.63, 3.8) is 0 Å². The third kappa shape index (κ3) is 6.29. The molecule has 9 nitrogen and oxygen atoms in total. The molecule has 9 heteroatoms. The second-order valence-corrected chi connectivity index (χ2v) is 8.68. The average Bonchev–Trinajstić information content (AvgIpc) is 2.92. The highest BCUT2D eigenvalue weighted by Crippen LogP contribution is 2.30. The fourth-order valence-electron chi connectivity index (χ4n) is 4.10. The lowest BCUT2D eigenvalue weighted by molar-refractivity contribution is -0.384. The number of carbonyl (C=O) groups excluding carboxylic acids is 1. The van der Waals surface area contributed by atoms with E-state index in [1.54, 1.807) is 18.5 Å². The number of amides is 1. The number of pyridine rings is 1. The number of carbonyl (C=O) groups is 1. The van der Waals surface area contributed by atoms with E-state index >= 15 is 0 Å². The fourth-order valence-corrected chi connectivity index (χ4v) is 4.10. The molecule has 1 N–H and O–H groups in total. The first-order valence-corrected chi connectivity index (χ1v) is 12.2. The number of aromatic nitrogens is 1. The molecule has 0 radical (unpaired) electrons. The van der Waals surface area contributed by atoms with Gasteiger partial charge in [-0.05, 0) is 54.4 Å². The fraction of sp³-hybridized carbons (Fsp3) is 0.333. The maximum Gasteiger partial charge on any atom is 0.292 e. The lowest BCUT2D eigenvalue weighted by Gasteiger charge is -2.36. The van der Waals surface area contributed by atoms with Crippen molar-refractivity contribution in [1.29, 1.82) is 0 Å². The van der Waals surface area contributed by atoms with Gasteiger partial charge in [-0.15, -0.1) is 0 Å². The Hall–Kier alpha value is -4.14.